The minimum absolute atomic E-state index is 0.0602. The van der Waals surface area contributed by atoms with Crippen LogP contribution in [0.4, 0.5) is 0 Å². The van der Waals surface area contributed by atoms with E-state index in [2.05, 4.69) is 11.2 Å². The maximum atomic E-state index is 11.3. The summed E-state index contributed by atoms with van der Waals surface area (Å²) in [4.78, 5) is 11.3. The molecule has 5 heteroatoms. The molecule has 1 heterocycles. The molecule has 0 amide bonds. The molecule has 0 radical (unpaired) electrons. The second kappa shape index (κ2) is 4.51. The Morgan fingerprint density at radius 1 is 1.32 bits per heavy atom. The van der Waals surface area contributed by atoms with Gasteiger partial charge in [-0.2, -0.15) is 5.10 Å². The number of aliphatic hydroxyl groups is 1. The number of nitrogens with zero attached hydrogens (tertiary/aromatic N) is 2. The van der Waals surface area contributed by atoms with Gasteiger partial charge >= 0.3 is 5.97 Å². The van der Waals surface area contributed by atoms with E-state index >= 15 is 0 Å². The number of fused-ring (bicyclic) bond motifs is 3. The lowest BCUT2D eigenvalue weighted by molar-refractivity contribution is 0.0688. The van der Waals surface area contributed by atoms with Gasteiger partial charge in [0.25, 0.3) is 0 Å². The summed E-state index contributed by atoms with van der Waals surface area (Å²) in [5.74, 6) is -1.01. The molecule has 1 aromatic carbocycles. The van der Waals surface area contributed by atoms with E-state index in [4.69, 9.17) is 5.11 Å². The molecule has 0 fully saturated rings. The zero-order chi connectivity index (χ0) is 13.4. The van der Waals surface area contributed by atoms with Crippen molar-refractivity contribution in [1.82, 2.24) is 9.78 Å². The minimum atomic E-state index is -1.01. The number of aromatic nitrogens is 2. The molecule has 0 bridgehead atoms. The molecule has 3 rings (SSSR count). The molecule has 19 heavy (non-hydrogen) atoms. The molecule has 1 aliphatic carbocycles. The van der Waals surface area contributed by atoms with Crippen molar-refractivity contribution in [2.75, 3.05) is 6.61 Å². The molecule has 2 N–H and O–H groups in total. The van der Waals surface area contributed by atoms with Gasteiger partial charge < -0.3 is 10.2 Å². The summed E-state index contributed by atoms with van der Waals surface area (Å²) in [6.45, 7) is 0.249. The number of aryl methyl sites for hydroxylation is 1. The predicted octanol–water partition coefficient (Wildman–Crippen LogP) is 1.34. The van der Waals surface area contributed by atoms with Crippen molar-refractivity contribution >= 4 is 5.97 Å². The van der Waals surface area contributed by atoms with Crippen LogP contribution in [0.25, 0.3) is 11.3 Å². The highest BCUT2D eigenvalue weighted by molar-refractivity contribution is 5.90. The normalized spacial score (nSPS) is 12.9. The monoisotopic (exact) mass is 258 g/mol. The van der Waals surface area contributed by atoms with Crippen molar-refractivity contribution in [2.24, 2.45) is 0 Å². The predicted molar refractivity (Wildman–Crippen MR) is 69.1 cm³/mol. The van der Waals surface area contributed by atoms with Gasteiger partial charge in [0, 0.05) is 11.1 Å². The third-order valence-corrected chi connectivity index (χ3v) is 3.48. The van der Waals surface area contributed by atoms with Gasteiger partial charge in [-0.15, -0.1) is 0 Å². The maximum Gasteiger partial charge on any atom is 0.356 e. The van der Waals surface area contributed by atoms with Gasteiger partial charge in [0.05, 0.1) is 18.8 Å². The van der Waals surface area contributed by atoms with Crippen LogP contribution < -0.4 is 0 Å². The Morgan fingerprint density at radius 2 is 2.11 bits per heavy atom. The van der Waals surface area contributed by atoms with Crippen LogP contribution in [0.3, 0.4) is 0 Å². The third-order valence-electron chi connectivity index (χ3n) is 3.48. The van der Waals surface area contributed by atoms with Crippen LogP contribution in [-0.2, 0) is 19.4 Å². The number of carboxylic acid groups (broad SMARTS) is 1. The van der Waals surface area contributed by atoms with Crippen LogP contribution >= 0.6 is 0 Å². The number of carboxylic acids is 1. The summed E-state index contributed by atoms with van der Waals surface area (Å²) >= 11 is 0. The third kappa shape index (κ3) is 1.82. The van der Waals surface area contributed by atoms with Gasteiger partial charge in [-0.1, -0.05) is 24.3 Å². The van der Waals surface area contributed by atoms with E-state index < -0.39 is 5.97 Å². The van der Waals surface area contributed by atoms with E-state index in [9.17, 15) is 9.90 Å². The molecule has 0 atom stereocenters. The molecule has 0 spiro atoms. The molecule has 1 aliphatic rings. The minimum Gasteiger partial charge on any atom is -0.476 e. The summed E-state index contributed by atoms with van der Waals surface area (Å²) < 4.78 is 1.61. The lowest BCUT2D eigenvalue weighted by Gasteiger charge is -2.18. The smallest absolute Gasteiger partial charge is 0.356 e. The maximum absolute atomic E-state index is 11.3. The average molecular weight is 258 g/mol. The number of benzene rings is 1. The number of aromatic carboxylic acids is 1. The van der Waals surface area contributed by atoms with Gasteiger partial charge in [-0.3, -0.25) is 4.68 Å². The van der Waals surface area contributed by atoms with Gasteiger partial charge in [0.15, 0.2) is 5.69 Å². The molecule has 98 valence electrons. The molecule has 2 aromatic rings. The van der Waals surface area contributed by atoms with E-state index in [-0.39, 0.29) is 12.3 Å². The summed E-state index contributed by atoms with van der Waals surface area (Å²) in [5.41, 5.74) is 3.95. The van der Waals surface area contributed by atoms with Crippen LogP contribution in [-0.4, -0.2) is 32.6 Å². The number of rotatable bonds is 3. The molecule has 0 saturated carbocycles. The first-order valence-corrected chi connectivity index (χ1v) is 6.24. The summed E-state index contributed by atoms with van der Waals surface area (Å²) in [5, 5.41) is 22.5. The number of carbonyl (C=O) groups is 1. The molecule has 5 nitrogen and oxygen atoms in total. The van der Waals surface area contributed by atoms with Crippen molar-refractivity contribution in [2.45, 2.75) is 19.4 Å². The first-order valence-electron chi connectivity index (χ1n) is 6.24. The Morgan fingerprint density at radius 3 is 2.84 bits per heavy atom. The van der Waals surface area contributed by atoms with Crippen LogP contribution in [0.1, 0.15) is 21.6 Å². The van der Waals surface area contributed by atoms with E-state index in [1.807, 2.05) is 18.2 Å². The van der Waals surface area contributed by atoms with E-state index in [1.54, 1.807) is 4.68 Å². The zero-order valence-electron chi connectivity index (χ0n) is 10.3. The average Bonchev–Trinajstić information content (AvgIpc) is 2.79. The van der Waals surface area contributed by atoms with E-state index in [0.29, 0.717) is 13.0 Å². The fraction of sp³-hybridized carbons (Fsp3) is 0.286. The Labute approximate surface area is 110 Å². The Bertz CT molecular complexity index is 646. The fourth-order valence-electron chi connectivity index (χ4n) is 2.69. The fourth-order valence-corrected chi connectivity index (χ4v) is 2.69. The van der Waals surface area contributed by atoms with E-state index in [0.717, 1.165) is 23.2 Å². The van der Waals surface area contributed by atoms with Crippen molar-refractivity contribution in [3.63, 3.8) is 0 Å². The highest BCUT2D eigenvalue weighted by Gasteiger charge is 2.27. The quantitative estimate of drug-likeness (QED) is 0.871. The highest BCUT2D eigenvalue weighted by Crippen LogP contribution is 2.35. The number of hydrogen-bond donors (Lipinski definition) is 2. The first-order chi connectivity index (χ1) is 9.22. The van der Waals surface area contributed by atoms with Crippen LogP contribution in [0.2, 0.25) is 0 Å². The van der Waals surface area contributed by atoms with Gasteiger partial charge in [-0.05, 0) is 18.4 Å². The molecule has 0 saturated heterocycles. The zero-order valence-corrected chi connectivity index (χ0v) is 10.3. The topological polar surface area (TPSA) is 75.3 Å². The van der Waals surface area contributed by atoms with Gasteiger partial charge in [0.2, 0.25) is 0 Å². The Hall–Kier alpha value is -2.14. The van der Waals surface area contributed by atoms with Crippen LogP contribution in [0.5, 0.6) is 0 Å². The van der Waals surface area contributed by atoms with Crippen LogP contribution in [0.15, 0.2) is 24.3 Å². The molecular weight excluding hydrogens is 244 g/mol. The first kappa shape index (κ1) is 11.9. The van der Waals surface area contributed by atoms with Crippen molar-refractivity contribution < 1.29 is 15.0 Å². The van der Waals surface area contributed by atoms with Crippen molar-refractivity contribution in [3.05, 3.63) is 41.1 Å². The summed E-state index contributed by atoms with van der Waals surface area (Å²) in [6.07, 6.45) is 1.51. The lowest BCUT2D eigenvalue weighted by Crippen LogP contribution is -2.10. The SMILES string of the molecule is O=C(O)c1nn(CCO)c2c1CCc1ccccc1-2. The second-order valence-corrected chi connectivity index (χ2v) is 4.58. The van der Waals surface area contributed by atoms with Crippen molar-refractivity contribution in [3.8, 4) is 11.3 Å². The van der Waals surface area contributed by atoms with Crippen LogP contribution in [0, 0.1) is 0 Å². The number of hydrogen-bond acceptors (Lipinski definition) is 3. The van der Waals surface area contributed by atoms with Crippen molar-refractivity contribution in [1.29, 1.82) is 0 Å². The Kier molecular flexibility index (Phi) is 2.83. The molecule has 1 aromatic heterocycles. The molecule has 0 aliphatic heterocycles. The van der Waals surface area contributed by atoms with Gasteiger partial charge in [0.1, 0.15) is 0 Å². The van der Waals surface area contributed by atoms with E-state index in [1.165, 1.54) is 5.56 Å². The standard InChI is InChI=1S/C14H14N2O3/c17-8-7-16-13-10-4-2-1-3-9(10)5-6-11(13)12(15-16)14(18)19/h1-4,17H,5-8H2,(H,18,19). The number of aliphatic hydroxyl groups excluding tert-OH is 1. The highest BCUT2D eigenvalue weighted by atomic mass is 16.4. The summed E-state index contributed by atoms with van der Waals surface area (Å²) in [6, 6.07) is 7.95. The largest absolute Gasteiger partial charge is 0.476 e. The second-order valence-electron chi connectivity index (χ2n) is 4.58. The Balaban J connectivity index is 2.25. The summed E-state index contributed by atoms with van der Waals surface area (Å²) in [7, 11) is 0. The molecule has 0 unspecified atom stereocenters. The van der Waals surface area contributed by atoms with Gasteiger partial charge in [-0.25, -0.2) is 4.79 Å². The molecular formula is C14H14N2O3. The lowest BCUT2D eigenvalue weighted by atomic mass is 9.89.